The molecule has 0 heterocycles. The summed E-state index contributed by atoms with van der Waals surface area (Å²) in [5.41, 5.74) is 4.84. The molecule has 0 aromatic heterocycles. The molecule has 2 aromatic rings. The molecule has 10 heteroatoms. The van der Waals surface area contributed by atoms with Crippen LogP contribution in [0.5, 0.6) is 0 Å². The molecule has 0 radical (unpaired) electrons. The van der Waals surface area contributed by atoms with E-state index in [0.29, 0.717) is 64.9 Å². The van der Waals surface area contributed by atoms with Gasteiger partial charge in [0, 0.05) is 33.4 Å². The summed E-state index contributed by atoms with van der Waals surface area (Å²) in [6.07, 6.45) is 10.6. The summed E-state index contributed by atoms with van der Waals surface area (Å²) in [5.74, 6) is 0.0910. The number of rotatable bonds is 5. The molecule has 0 atom stereocenters. The van der Waals surface area contributed by atoms with E-state index < -0.39 is 0 Å². The first kappa shape index (κ1) is 41.3. The van der Waals surface area contributed by atoms with Gasteiger partial charge in [-0.2, -0.15) is 10.2 Å². The van der Waals surface area contributed by atoms with Crippen molar-refractivity contribution in [3.63, 3.8) is 0 Å². The molecule has 0 fully saturated rings. The van der Waals surface area contributed by atoms with Crippen LogP contribution in [0, 0.1) is 21.7 Å². The van der Waals surface area contributed by atoms with Crippen molar-refractivity contribution >= 4 is 69.3 Å². The minimum absolute atomic E-state index is 0.0455. The van der Waals surface area contributed by atoms with Gasteiger partial charge in [0.25, 0.3) is 0 Å². The Balaban J connectivity index is 1.63. The third-order valence-corrected chi connectivity index (χ3v) is 9.79. The Kier molecular flexibility index (Phi) is 12.0. The molecule has 274 valence electrons. The summed E-state index contributed by atoms with van der Waals surface area (Å²) < 4.78 is 0. The quantitative estimate of drug-likeness (QED) is 0.283. The summed E-state index contributed by atoms with van der Waals surface area (Å²) in [5, 5.41) is 18.5. The zero-order chi connectivity index (χ0) is 39.1. The highest BCUT2D eigenvalue weighted by Crippen LogP contribution is 2.44. The molecule has 0 bridgehead atoms. The second-order valence-electron chi connectivity index (χ2n) is 17.1. The van der Waals surface area contributed by atoms with Crippen LogP contribution >= 0.6 is 46.4 Å². The summed E-state index contributed by atoms with van der Waals surface area (Å²) in [6, 6.07) is 6.53. The Morgan fingerprint density at radius 1 is 0.442 bits per heavy atom. The van der Waals surface area contributed by atoms with E-state index in [2.05, 4.69) is 20.5 Å². The maximum Gasteiger partial charge on any atom is 0.186 e. The lowest BCUT2D eigenvalue weighted by Crippen LogP contribution is -2.27. The van der Waals surface area contributed by atoms with Gasteiger partial charge < -0.3 is 0 Å². The van der Waals surface area contributed by atoms with Gasteiger partial charge in [0.1, 0.15) is 11.4 Å². The largest absolute Gasteiger partial charge is 0.289 e. The maximum atomic E-state index is 13.3. The third kappa shape index (κ3) is 9.57. The predicted molar refractivity (Wildman–Crippen MR) is 217 cm³/mol. The standard InChI is InChI=1S/C42H46Cl4N4O2/c1-39(2,3)27-13-23(14-28(37(27)51)40(4,5)6)21-47-49-35-19-31(43)25(17-33(35)45)26-18-34(46)36(20-32(26)44)50-48-22-24-15-29(41(7,8)9)38(52)30(16-24)42(10,11)12/h13-22H,1-12H3/b49-47+,50-48+. The van der Waals surface area contributed by atoms with Crippen LogP contribution < -0.4 is 0 Å². The summed E-state index contributed by atoms with van der Waals surface area (Å²) in [4.78, 5) is 26.5. The number of nitrogens with zero attached hydrogens (tertiary/aromatic N) is 4. The zero-order valence-corrected chi connectivity index (χ0v) is 34.9. The third-order valence-electron chi connectivity index (χ3n) is 8.56. The lowest BCUT2D eigenvalue weighted by molar-refractivity contribution is -0.114. The molecule has 0 spiro atoms. The minimum atomic E-state index is -0.340. The molecule has 2 aromatic carbocycles. The smallest absolute Gasteiger partial charge is 0.186 e. The molecule has 0 saturated carbocycles. The van der Waals surface area contributed by atoms with Gasteiger partial charge in [-0.05, 0) is 81.4 Å². The number of benzene rings is 2. The summed E-state index contributed by atoms with van der Waals surface area (Å²) >= 11 is 26.8. The number of Topliss-reactive ketones (excluding diaryl/α,β-unsaturated/α-hetero) is 2. The van der Waals surface area contributed by atoms with E-state index in [4.69, 9.17) is 46.4 Å². The molecule has 2 aliphatic rings. The second-order valence-corrected chi connectivity index (χ2v) is 18.8. The average molecular weight is 781 g/mol. The van der Waals surface area contributed by atoms with Crippen molar-refractivity contribution in [3.05, 3.63) is 114 Å². The Morgan fingerprint density at radius 2 is 0.712 bits per heavy atom. The van der Waals surface area contributed by atoms with Gasteiger partial charge in [0.15, 0.2) is 11.6 Å². The van der Waals surface area contributed by atoms with E-state index >= 15 is 0 Å². The number of halogens is 4. The molecule has 2 aliphatic carbocycles. The van der Waals surface area contributed by atoms with Gasteiger partial charge in [0.05, 0.1) is 32.5 Å². The Hall–Kier alpha value is -3.42. The Morgan fingerprint density at radius 3 is 0.962 bits per heavy atom. The van der Waals surface area contributed by atoms with Gasteiger partial charge >= 0.3 is 0 Å². The predicted octanol–water partition coefficient (Wildman–Crippen LogP) is 15.0. The highest BCUT2D eigenvalue weighted by atomic mass is 35.5. The molecule has 0 aliphatic heterocycles. The molecule has 0 N–H and O–H groups in total. The average Bonchev–Trinajstić information content (AvgIpc) is 2.99. The lowest BCUT2D eigenvalue weighted by atomic mass is 9.72. The molecule has 0 unspecified atom stereocenters. The molecular weight excluding hydrogens is 734 g/mol. The minimum Gasteiger partial charge on any atom is -0.289 e. The van der Waals surface area contributed by atoms with Gasteiger partial charge in [-0.25, -0.2) is 0 Å². The zero-order valence-electron chi connectivity index (χ0n) is 31.9. The second kappa shape index (κ2) is 15.1. The van der Waals surface area contributed by atoms with Crippen molar-refractivity contribution in [2.75, 3.05) is 0 Å². The SMILES string of the molecule is CC(C)(C)C1=CC(=C/N=N/c2cc(Cl)c(-c3cc(Cl)c(/N=N/C=C4C=C(C(C)(C)C)C(=O)C(C(C)(C)C)=C4)cc3Cl)cc2Cl)C=C(C(C)(C)C)C1=O. The molecule has 6 nitrogen and oxygen atoms in total. The number of hydrogen-bond donors (Lipinski definition) is 0. The highest BCUT2D eigenvalue weighted by molar-refractivity contribution is 6.40. The van der Waals surface area contributed by atoms with Crippen molar-refractivity contribution in [2.24, 2.45) is 42.1 Å². The van der Waals surface area contributed by atoms with Gasteiger partial charge in [-0.15, -0.1) is 10.2 Å². The van der Waals surface area contributed by atoms with Crippen molar-refractivity contribution < 1.29 is 9.59 Å². The molecular formula is C42H46Cl4N4O2. The normalized spacial score (nSPS) is 16.4. The van der Waals surface area contributed by atoms with Gasteiger partial charge in [0.2, 0.25) is 0 Å². The van der Waals surface area contributed by atoms with Crippen LogP contribution in [0.25, 0.3) is 11.1 Å². The number of carbonyl (C=O) groups excluding carboxylic acids is 2. The fraction of sp³-hybridized carbons (Fsp3) is 0.381. The number of azo groups is 2. The fourth-order valence-electron chi connectivity index (χ4n) is 5.63. The Bertz CT molecular complexity index is 1860. The van der Waals surface area contributed by atoms with Crippen molar-refractivity contribution in [1.29, 1.82) is 0 Å². The monoisotopic (exact) mass is 778 g/mol. The van der Waals surface area contributed by atoms with Crippen LogP contribution in [0.1, 0.15) is 83.1 Å². The lowest BCUT2D eigenvalue weighted by Gasteiger charge is -2.31. The maximum absolute atomic E-state index is 13.3. The first-order chi connectivity index (χ1) is 23.8. The van der Waals surface area contributed by atoms with Crippen LogP contribution in [-0.4, -0.2) is 11.6 Å². The van der Waals surface area contributed by atoms with Crippen LogP contribution in [-0.2, 0) is 9.59 Å². The number of ketones is 2. The van der Waals surface area contributed by atoms with Gasteiger partial charge in [-0.3, -0.25) is 9.59 Å². The highest BCUT2D eigenvalue weighted by Gasteiger charge is 2.35. The summed E-state index contributed by atoms with van der Waals surface area (Å²) in [6.45, 7) is 24.2. The van der Waals surface area contributed by atoms with Crippen LogP contribution in [0.2, 0.25) is 20.1 Å². The summed E-state index contributed by atoms with van der Waals surface area (Å²) in [7, 11) is 0. The molecule has 0 saturated heterocycles. The number of hydrogen-bond acceptors (Lipinski definition) is 6. The van der Waals surface area contributed by atoms with Crippen molar-refractivity contribution in [1.82, 2.24) is 0 Å². The van der Waals surface area contributed by atoms with Crippen molar-refractivity contribution in [2.45, 2.75) is 83.1 Å². The van der Waals surface area contributed by atoms with Gasteiger partial charge in [-0.1, -0.05) is 129 Å². The van der Waals surface area contributed by atoms with Crippen LogP contribution in [0.4, 0.5) is 11.4 Å². The van der Waals surface area contributed by atoms with Crippen molar-refractivity contribution in [3.8, 4) is 11.1 Å². The number of allylic oxidation sites excluding steroid dienone is 10. The van der Waals surface area contributed by atoms with E-state index in [0.717, 1.165) is 11.1 Å². The Labute approximate surface area is 328 Å². The van der Waals surface area contributed by atoms with E-state index in [-0.39, 0.29) is 33.2 Å². The molecule has 0 amide bonds. The van der Waals surface area contributed by atoms with Crippen LogP contribution in [0.3, 0.4) is 0 Å². The van der Waals surface area contributed by atoms with Crippen LogP contribution in [0.15, 0.2) is 115 Å². The first-order valence-corrected chi connectivity index (χ1v) is 18.5. The van der Waals surface area contributed by atoms with E-state index in [1.165, 1.54) is 0 Å². The fourth-order valence-corrected chi connectivity index (χ4v) is 6.56. The molecule has 52 heavy (non-hydrogen) atoms. The number of carbonyl (C=O) groups is 2. The van der Waals surface area contributed by atoms with E-state index in [9.17, 15) is 9.59 Å². The van der Waals surface area contributed by atoms with E-state index in [1.807, 2.05) is 107 Å². The van der Waals surface area contributed by atoms with E-state index in [1.54, 1.807) is 36.7 Å². The topological polar surface area (TPSA) is 83.6 Å². The molecule has 4 rings (SSSR count). The first-order valence-electron chi connectivity index (χ1n) is 17.0.